The number of aryl methyl sites for hydroxylation is 1. The molecule has 25 heavy (non-hydrogen) atoms. The maximum atomic E-state index is 12.3. The van der Waals surface area contributed by atoms with Gasteiger partial charge in [0.2, 0.25) is 5.91 Å². The van der Waals surface area contributed by atoms with Gasteiger partial charge >= 0.3 is 0 Å². The fraction of sp³-hybridized carbons (Fsp3) is 0.650. The van der Waals surface area contributed by atoms with E-state index in [0.29, 0.717) is 12.1 Å². The molecule has 5 heteroatoms. The standard InChI is InChI=1S/C20H30N2O3/c1-13-9-18(24-2)19(25-3)11-15(13)12-21-17-6-4-5-14(10-17)20(23)22-16-7-8-16/h9,11,14,16-17,21H,4-8,10,12H2,1-3H3,(H,22,23)/t14-,17+/m1/s1. The Morgan fingerprint density at radius 3 is 2.48 bits per heavy atom. The smallest absolute Gasteiger partial charge is 0.223 e. The van der Waals surface area contributed by atoms with Crippen LogP contribution in [0.1, 0.15) is 49.7 Å². The molecule has 0 radical (unpaired) electrons. The first kappa shape index (κ1) is 18.1. The van der Waals surface area contributed by atoms with Crippen molar-refractivity contribution in [3.8, 4) is 11.5 Å². The first-order chi connectivity index (χ1) is 12.1. The molecule has 2 atom stereocenters. The van der Waals surface area contributed by atoms with Crippen molar-refractivity contribution in [2.45, 2.75) is 64.1 Å². The lowest BCUT2D eigenvalue weighted by molar-refractivity contribution is -0.126. The van der Waals surface area contributed by atoms with Crippen LogP contribution in [0.2, 0.25) is 0 Å². The van der Waals surface area contributed by atoms with Crippen molar-refractivity contribution in [2.75, 3.05) is 14.2 Å². The van der Waals surface area contributed by atoms with Crippen molar-refractivity contribution in [1.82, 2.24) is 10.6 Å². The van der Waals surface area contributed by atoms with Crippen molar-refractivity contribution in [1.29, 1.82) is 0 Å². The van der Waals surface area contributed by atoms with E-state index in [4.69, 9.17) is 9.47 Å². The SMILES string of the molecule is COc1cc(C)c(CN[C@H]2CCC[C@@H](C(=O)NC3CC3)C2)cc1OC. The van der Waals surface area contributed by atoms with Crippen molar-refractivity contribution < 1.29 is 14.3 Å². The molecule has 0 heterocycles. The summed E-state index contributed by atoms with van der Waals surface area (Å²) in [5.74, 6) is 1.95. The maximum absolute atomic E-state index is 12.3. The molecule has 1 aromatic carbocycles. The van der Waals surface area contributed by atoms with E-state index in [2.05, 4.69) is 17.6 Å². The number of hydrogen-bond acceptors (Lipinski definition) is 4. The van der Waals surface area contributed by atoms with Gasteiger partial charge in [0.05, 0.1) is 14.2 Å². The topological polar surface area (TPSA) is 59.6 Å². The molecule has 0 saturated heterocycles. The van der Waals surface area contributed by atoms with E-state index in [-0.39, 0.29) is 11.8 Å². The molecule has 5 nitrogen and oxygen atoms in total. The molecule has 0 unspecified atom stereocenters. The zero-order valence-corrected chi connectivity index (χ0v) is 15.6. The van der Waals surface area contributed by atoms with Crippen molar-refractivity contribution in [3.05, 3.63) is 23.3 Å². The largest absolute Gasteiger partial charge is 0.493 e. The van der Waals surface area contributed by atoms with Crippen LogP contribution in [0.15, 0.2) is 12.1 Å². The minimum Gasteiger partial charge on any atom is -0.493 e. The molecule has 1 amide bonds. The summed E-state index contributed by atoms with van der Waals surface area (Å²) < 4.78 is 10.8. The zero-order chi connectivity index (χ0) is 17.8. The van der Waals surface area contributed by atoms with Gasteiger partial charge in [-0.3, -0.25) is 4.79 Å². The number of rotatable bonds is 7. The molecule has 0 aromatic heterocycles. The summed E-state index contributed by atoms with van der Waals surface area (Å²) in [6.45, 7) is 2.87. The second-order valence-corrected chi connectivity index (χ2v) is 7.36. The van der Waals surface area contributed by atoms with E-state index >= 15 is 0 Å². The quantitative estimate of drug-likeness (QED) is 0.797. The average Bonchev–Trinajstić information content (AvgIpc) is 3.44. The summed E-state index contributed by atoms with van der Waals surface area (Å²) in [4.78, 5) is 12.3. The third-order valence-corrected chi connectivity index (χ3v) is 5.39. The molecule has 0 bridgehead atoms. The minimum atomic E-state index is 0.165. The first-order valence-corrected chi connectivity index (χ1v) is 9.36. The molecule has 0 spiro atoms. The summed E-state index contributed by atoms with van der Waals surface area (Å²) in [6, 6.07) is 4.91. The maximum Gasteiger partial charge on any atom is 0.223 e. The van der Waals surface area contributed by atoms with Crippen molar-refractivity contribution in [2.24, 2.45) is 5.92 Å². The van der Waals surface area contributed by atoms with Crippen LogP contribution in [0.4, 0.5) is 0 Å². The molecule has 3 rings (SSSR count). The second-order valence-electron chi connectivity index (χ2n) is 7.36. The van der Waals surface area contributed by atoms with Crippen LogP contribution in [0.3, 0.4) is 0 Å². The van der Waals surface area contributed by atoms with Crippen LogP contribution < -0.4 is 20.1 Å². The third-order valence-electron chi connectivity index (χ3n) is 5.39. The fourth-order valence-corrected chi connectivity index (χ4v) is 3.63. The van der Waals surface area contributed by atoms with E-state index in [0.717, 1.165) is 56.6 Å². The molecular formula is C20H30N2O3. The van der Waals surface area contributed by atoms with Gasteiger partial charge in [0, 0.05) is 24.5 Å². The van der Waals surface area contributed by atoms with Crippen LogP contribution >= 0.6 is 0 Å². The Labute approximate surface area is 150 Å². The summed E-state index contributed by atoms with van der Waals surface area (Å²) in [5, 5.41) is 6.80. The monoisotopic (exact) mass is 346 g/mol. The van der Waals surface area contributed by atoms with E-state index < -0.39 is 0 Å². The summed E-state index contributed by atoms with van der Waals surface area (Å²) in [7, 11) is 3.32. The molecule has 2 aliphatic rings. The lowest BCUT2D eigenvalue weighted by Gasteiger charge is -2.29. The Hall–Kier alpha value is -1.75. The number of benzene rings is 1. The average molecular weight is 346 g/mol. The molecule has 2 aliphatic carbocycles. The Bertz CT molecular complexity index is 613. The number of ether oxygens (including phenoxy) is 2. The predicted molar refractivity (Wildman–Crippen MR) is 98.0 cm³/mol. The van der Waals surface area contributed by atoms with Crippen LogP contribution in [0.25, 0.3) is 0 Å². The molecule has 2 fully saturated rings. The van der Waals surface area contributed by atoms with Gasteiger partial charge in [-0.05, 0) is 62.3 Å². The molecule has 138 valence electrons. The van der Waals surface area contributed by atoms with Gasteiger partial charge in [-0.1, -0.05) is 6.42 Å². The first-order valence-electron chi connectivity index (χ1n) is 9.36. The Morgan fingerprint density at radius 2 is 1.80 bits per heavy atom. The van der Waals surface area contributed by atoms with Gasteiger partial charge in [-0.25, -0.2) is 0 Å². The molecular weight excluding hydrogens is 316 g/mol. The highest BCUT2D eigenvalue weighted by Crippen LogP contribution is 2.31. The Kier molecular flexibility index (Phi) is 5.84. The normalized spacial score (nSPS) is 23.2. The number of hydrogen-bond donors (Lipinski definition) is 2. The van der Waals surface area contributed by atoms with Gasteiger partial charge in [-0.15, -0.1) is 0 Å². The van der Waals surface area contributed by atoms with Gasteiger partial charge in [0.1, 0.15) is 0 Å². The Balaban J connectivity index is 1.56. The van der Waals surface area contributed by atoms with E-state index in [1.54, 1.807) is 14.2 Å². The lowest BCUT2D eigenvalue weighted by atomic mass is 9.85. The fourth-order valence-electron chi connectivity index (χ4n) is 3.63. The predicted octanol–water partition coefficient (Wildman–Crippen LogP) is 2.94. The number of nitrogens with one attached hydrogen (secondary N) is 2. The third kappa shape index (κ3) is 4.66. The van der Waals surface area contributed by atoms with Gasteiger partial charge in [0.15, 0.2) is 11.5 Å². The molecule has 2 saturated carbocycles. The zero-order valence-electron chi connectivity index (χ0n) is 15.6. The summed E-state index contributed by atoms with van der Waals surface area (Å²) in [6.07, 6.45) is 6.51. The second kappa shape index (κ2) is 8.09. The van der Waals surface area contributed by atoms with Gasteiger partial charge in [0.25, 0.3) is 0 Å². The van der Waals surface area contributed by atoms with E-state index in [1.807, 2.05) is 12.1 Å². The van der Waals surface area contributed by atoms with Crippen LogP contribution in [-0.4, -0.2) is 32.2 Å². The lowest BCUT2D eigenvalue weighted by Crippen LogP contribution is -2.40. The Morgan fingerprint density at radius 1 is 1.08 bits per heavy atom. The number of methoxy groups -OCH3 is 2. The molecule has 2 N–H and O–H groups in total. The number of carbonyl (C=O) groups is 1. The minimum absolute atomic E-state index is 0.165. The van der Waals surface area contributed by atoms with Gasteiger partial charge in [-0.2, -0.15) is 0 Å². The van der Waals surface area contributed by atoms with Crippen LogP contribution in [0.5, 0.6) is 11.5 Å². The number of carbonyl (C=O) groups excluding carboxylic acids is 1. The highest BCUT2D eigenvalue weighted by molar-refractivity contribution is 5.79. The van der Waals surface area contributed by atoms with E-state index in [9.17, 15) is 4.79 Å². The van der Waals surface area contributed by atoms with Crippen molar-refractivity contribution in [3.63, 3.8) is 0 Å². The highest BCUT2D eigenvalue weighted by atomic mass is 16.5. The molecule has 0 aliphatic heterocycles. The highest BCUT2D eigenvalue weighted by Gasteiger charge is 2.31. The summed E-state index contributed by atoms with van der Waals surface area (Å²) >= 11 is 0. The number of amides is 1. The summed E-state index contributed by atoms with van der Waals surface area (Å²) in [5.41, 5.74) is 2.39. The van der Waals surface area contributed by atoms with E-state index in [1.165, 1.54) is 11.1 Å². The van der Waals surface area contributed by atoms with Crippen LogP contribution in [0, 0.1) is 12.8 Å². The van der Waals surface area contributed by atoms with Crippen LogP contribution in [-0.2, 0) is 11.3 Å². The molecule has 1 aromatic rings. The van der Waals surface area contributed by atoms with Crippen molar-refractivity contribution >= 4 is 5.91 Å². The van der Waals surface area contributed by atoms with Gasteiger partial charge < -0.3 is 20.1 Å².